The summed E-state index contributed by atoms with van der Waals surface area (Å²) in [7, 11) is 1.58. The number of para-hydroxylation sites is 2. The molecule has 0 unspecified atom stereocenters. The van der Waals surface area contributed by atoms with Crippen molar-refractivity contribution in [3.8, 4) is 5.75 Å². The van der Waals surface area contributed by atoms with Gasteiger partial charge in [0.05, 0.1) is 18.7 Å². The van der Waals surface area contributed by atoms with Gasteiger partial charge in [0.1, 0.15) is 5.75 Å². The van der Waals surface area contributed by atoms with Crippen LogP contribution in [0.4, 0.5) is 11.4 Å². The highest BCUT2D eigenvalue weighted by atomic mass is 79.9. The molecule has 0 saturated carbocycles. The highest BCUT2D eigenvalue weighted by molar-refractivity contribution is 9.10. The Labute approximate surface area is 160 Å². The molecule has 1 atom stereocenters. The predicted molar refractivity (Wildman–Crippen MR) is 104 cm³/mol. The number of carbonyl (C=O) groups is 2. The molecule has 2 aromatic rings. The van der Waals surface area contributed by atoms with Gasteiger partial charge in [-0.3, -0.25) is 9.59 Å². The van der Waals surface area contributed by atoms with Gasteiger partial charge in [0.25, 0.3) is 0 Å². The second-order valence-electron chi connectivity index (χ2n) is 6.59. The van der Waals surface area contributed by atoms with Crippen LogP contribution in [0.15, 0.2) is 46.9 Å². The Morgan fingerprint density at radius 3 is 2.81 bits per heavy atom. The SMILES string of the molecule is COc1ccccc1N1C[C@@H](C(=O)N2CCc3cc(Br)ccc32)CC1=O. The van der Waals surface area contributed by atoms with Gasteiger partial charge in [0, 0.05) is 29.7 Å². The second kappa shape index (κ2) is 6.76. The molecule has 0 N–H and O–H groups in total. The largest absolute Gasteiger partial charge is 0.495 e. The summed E-state index contributed by atoms with van der Waals surface area (Å²) in [5, 5.41) is 0. The molecule has 0 radical (unpaired) electrons. The molecule has 2 heterocycles. The summed E-state index contributed by atoms with van der Waals surface area (Å²) in [4.78, 5) is 29.1. The Morgan fingerprint density at radius 1 is 1.19 bits per heavy atom. The first-order chi connectivity index (χ1) is 12.6. The molecule has 26 heavy (non-hydrogen) atoms. The minimum atomic E-state index is -0.331. The molecule has 4 rings (SSSR count). The first-order valence-electron chi connectivity index (χ1n) is 8.61. The Bertz CT molecular complexity index is 883. The maximum atomic E-state index is 13.1. The van der Waals surface area contributed by atoms with Crippen molar-refractivity contribution in [2.24, 2.45) is 5.92 Å². The number of amides is 2. The molecule has 5 nitrogen and oxygen atoms in total. The summed E-state index contributed by atoms with van der Waals surface area (Å²) in [6, 6.07) is 13.4. The molecular formula is C20H19BrN2O3. The lowest BCUT2D eigenvalue weighted by Crippen LogP contribution is -2.36. The highest BCUT2D eigenvalue weighted by Gasteiger charge is 2.39. The van der Waals surface area contributed by atoms with Crippen LogP contribution in [-0.2, 0) is 16.0 Å². The van der Waals surface area contributed by atoms with Crippen LogP contribution >= 0.6 is 15.9 Å². The summed E-state index contributed by atoms with van der Waals surface area (Å²) in [5.74, 6) is 0.298. The van der Waals surface area contributed by atoms with Crippen LogP contribution in [0.2, 0.25) is 0 Å². The van der Waals surface area contributed by atoms with Crippen molar-refractivity contribution in [2.75, 3.05) is 30.0 Å². The number of carbonyl (C=O) groups excluding carboxylic acids is 2. The lowest BCUT2D eigenvalue weighted by Gasteiger charge is -2.22. The first kappa shape index (κ1) is 17.1. The second-order valence-corrected chi connectivity index (χ2v) is 7.51. The molecule has 0 bridgehead atoms. The van der Waals surface area contributed by atoms with Crippen LogP contribution in [0.25, 0.3) is 0 Å². The Kier molecular flexibility index (Phi) is 4.44. The summed E-state index contributed by atoms with van der Waals surface area (Å²) >= 11 is 3.48. The molecule has 6 heteroatoms. The van der Waals surface area contributed by atoms with Gasteiger partial charge in [-0.1, -0.05) is 28.1 Å². The van der Waals surface area contributed by atoms with E-state index < -0.39 is 0 Å². The van der Waals surface area contributed by atoms with Crippen LogP contribution in [0, 0.1) is 5.92 Å². The molecule has 0 aliphatic carbocycles. The Morgan fingerprint density at radius 2 is 2.00 bits per heavy atom. The van der Waals surface area contributed by atoms with Crippen molar-refractivity contribution in [3.63, 3.8) is 0 Å². The number of rotatable bonds is 3. The van der Waals surface area contributed by atoms with Gasteiger partial charge in [-0.25, -0.2) is 0 Å². The minimum absolute atomic E-state index is 0.0248. The summed E-state index contributed by atoms with van der Waals surface area (Å²) in [6.45, 7) is 1.06. The minimum Gasteiger partial charge on any atom is -0.495 e. The molecule has 1 saturated heterocycles. The van der Waals surface area contributed by atoms with Gasteiger partial charge >= 0.3 is 0 Å². The third-order valence-electron chi connectivity index (χ3n) is 5.05. The normalized spacial score (nSPS) is 19.0. The topological polar surface area (TPSA) is 49.9 Å². The van der Waals surface area contributed by atoms with Gasteiger partial charge in [0.15, 0.2) is 0 Å². The number of fused-ring (bicyclic) bond motifs is 1. The number of halogens is 1. The zero-order valence-corrected chi connectivity index (χ0v) is 16.0. The van der Waals surface area contributed by atoms with E-state index in [0.717, 1.165) is 22.3 Å². The average molecular weight is 415 g/mol. The predicted octanol–water partition coefficient (Wildman–Crippen LogP) is 3.40. The first-order valence-corrected chi connectivity index (χ1v) is 9.41. The summed E-state index contributed by atoms with van der Waals surface area (Å²) in [5.41, 5.74) is 2.85. The maximum Gasteiger partial charge on any atom is 0.232 e. The van der Waals surface area contributed by atoms with Crippen molar-refractivity contribution in [1.82, 2.24) is 0 Å². The number of anilines is 2. The van der Waals surface area contributed by atoms with Crippen molar-refractivity contribution < 1.29 is 14.3 Å². The molecule has 2 aliphatic heterocycles. The van der Waals surface area contributed by atoms with Gasteiger partial charge < -0.3 is 14.5 Å². The highest BCUT2D eigenvalue weighted by Crippen LogP contribution is 2.36. The van der Waals surface area contributed by atoms with E-state index in [-0.39, 0.29) is 24.2 Å². The zero-order valence-electron chi connectivity index (χ0n) is 14.4. The molecule has 0 spiro atoms. The number of nitrogens with zero attached hydrogens (tertiary/aromatic N) is 2. The maximum absolute atomic E-state index is 13.1. The van der Waals surface area contributed by atoms with Crippen molar-refractivity contribution in [2.45, 2.75) is 12.8 Å². The fraction of sp³-hybridized carbons (Fsp3) is 0.300. The average Bonchev–Trinajstić information content (AvgIpc) is 3.24. The van der Waals surface area contributed by atoms with Crippen molar-refractivity contribution >= 4 is 39.1 Å². The van der Waals surface area contributed by atoms with Crippen LogP contribution in [-0.4, -0.2) is 32.0 Å². The van der Waals surface area contributed by atoms with Crippen LogP contribution in [0.1, 0.15) is 12.0 Å². The lowest BCUT2D eigenvalue weighted by atomic mass is 10.1. The zero-order chi connectivity index (χ0) is 18.3. The molecule has 134 valence electrons. The fourth-order valence-corrected chi connectivity index (χ4v) is 4.19. The van der Waals surface area contributed by atoms with E-state index in [1.165, 1.54) is 5.56 Å². The number of hydrogen-bond acceptors (Lipinski definition) is 3. The quantitative estimate of drug-likeness (QED) is 0.772. The molecule has 2 aromatic carbocycles. The lowest BCUT2D eigenvalue weighted by molar-refractivity contribution is -0.124. The smallest absolute Gasteiger partial charge is 0.232 e. The fourth-order valence-electron chi connectivity index (χ4n) is 3.78. The third-order valence-corrected chi connectivity index (χ3v) is 5.55. The van der Waals surface area contributed by atoms with Crippen molar-refractivity contribution in [1.29, 1.82) is 0 Å². The van der Waals surface area contributed by atoms with Crippen LogP contribution < -0.4 is 14.5 Å². The van der Waals surface area contributed by atoms with Crippen molar-refractivity contribution in [3.05, 3.63) is 52.5 Å². The molecular weight excluding hydrogens is 396 g/mol. The number of methoxy groups -OCH3 is 1. The number of ether oxygens (including phenoxy) is 1. The van der Waals surface area contributed by atoms with Gasteiger partial charge in [-0.05, 0) is 42.3 Å². The molecule has 2 amide bonds. The Balaban J connectivity index is 1.56. The van der Waals surface area contributed by atoms with E-state index >= 15 is 0 Å². The van der Waals surface area contributed by atoms with Gasteiger partial charge in [-0.2, -0.15) is 0 Å². The van der Waals surface area contributed by atoms with E-state index in [1.54, 1.807) is 12.0 Å². The van der Waals surface area contributed by atoms with E-state index in [4.69, 9.17) is 4.74 Å². The van der Waals surface area contributed by atoms with Gasteiger partial charge in [-0.15, -0.1) is 0 Å². The number of benzene rings is 2. The molecule has 2 aliphatic rings. The standard InChI is InChI=1S/C20H19BrN2O3/c1-26-18-5-3-2-4-17(18)23-12-14(11-19(23)24)20(25)22-9-8-13-10-15(21)6-7-16(13)22/h2-7,10,14H,8-9,11-12H2,1H3/t14-/m0/s1. The third kappa shape index (κ3) is 2.88. The van der Waals surface area contributed by atoms with Crippen LogP contribution in [0.3, 0.4) is 0 Å². The molecule has 1 fully saturated rings. The molecule has 0 aromatic heterocycles. The summed E-state index contributed by atoms with van der Waals surface area (Å²) in [6.07, 6.45) is 1.08. The van der Waals surface area contributed by atoms with Crippen LogP contribution in [0.5, 0.6) is 5.75 Å². The monoisotopic (exact) mass is 414 g/mol. The number of hydrogen-bond donors (Lipinski definition) is 0. The van der Waals surface area contributed by atoms with E-state index in [2.05, 4.69) is 22.0 Å². The van der Waals surface area contributed by atoms with E-state index in [9.17, 15) is 9.59 Å². The van der Waals surface area contributed by atoms with E-state index in [1.807, 2.05) is 41.3 Å². The van der Waals surface area contributed by atoms with E-state index in [0.29, 0.717) is 18.8 Å². The Hall–Kier alpha value is -2.34. The summed E-state index contributed by atoms with van der Waals surface area (Å²) < 4.78 is 6.38. The van der Waals surface area contributed by atoms with Gasteiger partial charge in [0.2, 0.25) is 11.8 Å².